The van der Waals surface area contributed by atoms with E-state index >= 15 is 0 Å². The lowest BCUT2D eigenvalue weighted by Gasteiger charge is -2.31. The molecule has 1 heteroatoms. The summed E-state index contributed by atoms with van der Waals surface area (Å²) < 4.78 is 1.11. The molecule has 18 heavy (non-hydrogen) atoms. The maximum absolute atomic E-state index is 3.93. The third-order valence-corrected chi connectivity index (χ3v) is 4.62. The molecule has 0 radical (unpaired) electrons. The highest BCUT2D eigenvalue weighted by Gasteiger charge is 2.45. The summed E-state index contributed by atoms with van der Waals surface area (Å²) >= 11 is 0. The van der Waals surface area contributed by atoms with Gasteiger partial charge in [0.2, 0.25) is 0 Å². The first-order valence-corrected chi connectivity index (χ1v) is 6.85. The Hall–Kier alpha value is -1.34. The molecular weight excluding hydrogens is 218 g/mol. The molecular formula is C17H22N+. The van der Waals surface area contributed by atoms with Crippen LogP contribution in [0.5, 0.6) is 0 Å². The van der Waals surface area contributed by atoms with Crippen molar-refractivity contribution in [1.82, 2.24) is 0 Å². The van der Waals surface area contributed by atoms with E-state index in [0.717, 1.165) is 16.8 Å². The van der Waals surface area contributed by atoms with Gasteiger partial charge in [-0.2, -0.15) is 0 Å². The van der Waals surface area contributed by atoms with Crippen LogP contribution in [0, 0.1) is 5.92 Å². The lowest BCUT2D eigenvalue weighted by Crippen LogP contribution is -2.44. The Morgan fingerprint density at radius 3 is 2.89 bits per heavy atom. The van der Waals surface area contributed by atoms with E-state index < -0.39 is 0 Å². The van der Waals surface area contributed by atoms with E-state index in [9.17, 15) is 0 Å². The molecule has 1 aliphatic heterocycles. The molecule has 94 valence electrons. The number of fused-ring (bicyclic) bond motifs is 2. The summed E-state index contributed by atoms with van der Waals surface area (Å²) in [4.78, 5) is 0. The molecule has 1 saturated heterocycles. The predicted molar refractivity (Wildman–Crippen MR) is 77.2 cm³/mol. The van der Waals surface area contributed by atoms with Gasteiger partial charge in [0.1, 0.15) is 6.04 Å². The van der Waals surface area contributed by atoms with Crippen LogP contribution in [0.4, 0.5) is 0 Å². The molecule has 2 atom stereocenters. The van der Waals surface area contributed by atoms with Gasteiger partial charge >= 0.3 is 0 Å². The molecule has 1 aliphatic carbocycles. The number of likely N-dealkylation sites (tertiary alicyclic amines) is 1. The van der Waals surface area contributed by atoms with E-state index in [1.165, 1.54) is 24.1 Å². The topological polar surface area (TPSA) is 0 Å². The third-order valence-electron chi connectivity index (χ3n) is 4.62. The van der Waals surface area contributed by atoms with Crippen LogP contribution >= 0.6 is 0 Å². The van der Waals surface area contributed by atoms with Gasteiger partial charge < -0.3 is 4.48 Å². The summed E-state index contributed by atoms with van der Waals surface area (Å²) in [5.74, 6) is 0.736. The van der Waals surface area contributed by atoms with Crippen molar-refractivity contribution in [1.29, 1.82) is 0 Å². The fourth-order valence-electron chi connectivity index (χ4n) is 3.76. The zero-order valence-electron chi connectivity index (χ0n) is 11.4. The molecule has 1 nitrogen and oxygen atoms in total. The molecule has 0 bridgehead atoms. The predicted octanol–water partition coefficient (Wildman–Crippen LogP) is 3.28. The fraction of sp³-hybridized carbons (Fsp3) is 0.412. The van der Waals surface area contributed by atoms with Crippen molar-refractivity contribution in [3.05, 3.63) is 53.6 Å². The molecule has 1 fully saturated rings. The summed E-state index contributed by atoms with van der Waals surface area (Å²) in [6, 6.07) is 9.47. The molecule has 1 aromatic rings. The van der Waals surface area contributed by atoms with Crippen molar-refractivity contribution in [3.8, 4) is 0 Å². The van der Waals surface area contributed by atoms with E-state index in [-0.39, 0.29) is 0 Å². The highest BCUT2D eigenvalue weighted by molar-refractivity contribution is 5.61. The first-order chi connectivity index (χ1) is 8.62. The van der Waals surface area contributed by atoms with Crippen LogP contribution in [0.15, 0.2) is 42.5 Å². The van der Waals surface area contributed by atoms with Crippen molar-refractivity contribution in [2.45, 2.75) is 18.9 Å². The molecule has 2 aliphatic rings. The Morgan fingerprint density at radius 1 is 1.33 bits per heavy atom. The maximum Gasteiger partial charge on any atom is 0.114 e. The number of quaternary nitrogens is 1. The van der Waals surface area contributed by atoms with Gasteiger partial charge in [-0.15, -0.1) is 6.58 Å². The minimum absolute atomic E-state index is 0.626. The SMILES string of the molecule is C=CCC1C2=Cc3ccccc3C[C@@H]2C[N+]1(C)C. The van der Waals surface area contributed by atoms with Gasteiger partial charge in [-0.25, -0.2) is 0 Å². The lowest BCUT2D eigenvalue weighted by molar-refractivity contribution is -0.900. The summed E-state index contributed by atoms with van der Waals surface area (Å²) in [7, 11) is 4.72. The number of hydrogen-bond donors (Lipinski definition) is 0. The van der Waals surface area contributed by atoms with Gasteiger partial charge in [0.25, 0.3) is 0 Å². The van der Waals surface area contributed by atoms with Crippen LogP contribution in [0.1, 0.15) is 17.5 Å². The molecule has 0 spiro atoms. The smallest absolute Gasteiger partial charge is 0.114 e. The first-order valence-electron chi connectivity index (χ1n) is 6.85. The highest BCUT2D eigenvalue weighted by atomic mass is 15.4. The number of hydrogen-bond acceptors (Lipinski definition) is 0. The van der Waals surface area contributed by atoms with Gasteiger partial charge in [0.15, 0.2) is 0 Å². The third kappa shape index (κ3) is 1.74. The van der Waals surface area contributed by atoms with Crippen LogP contribution in [0.25, 0.3) is 6.08 Å². The molecule has 0 saturated carbocycles. The van der Waals surface area contributed by atoms with E-state index in [0.29, 0.717) is 6.04 Å². The van der Waals surface area contributed by atoms with Gasteiger partial charge in [-0.3, -0.25) is 0 Å². The molecule has 3 rings (SSSR count). The van der Waals surface area contributed by atoms with Crippen molar-refractivity contribution in [2.75, 3.05) is 20.6 Å². The van der Waals surface area contributed by atoms with Gasteiger partial charge in [0.05, 0.1) is 20.6 Å². The van der Waals surface area contributed by atoms with Crippen LogP contribution in [0.3, 0.4) is 0 Å². The number of benzene rings is 1. The second kappa shape index (κ2) is 4.10. The average molecular weight is 240 g/mol. The molecule has 0 amide bonds. The largest absolute Gasteiger partial charge is 0.322 e. The van der Waals surface area contributed by atoms with Crippen LogP contribution in [-0.2, 0) is 6.42 Å². The average Bonchev–Trinajstić information content (AvgIpc) is 2.58. The molecule has 1 heterocycles. The second-order valence-electron chi connectivity index (χ2n) is 6.25. The zero-order chi connectivity index (χ0) is 12.8. The van der Waals surface area contributed by atoms with E-state index in [2.05, 4.69) is 57.1 Å². The summed E-state index contributed by atoms with van der Waals surface area (Å²) in [6.45, 7) is 5.20. The van der Waals surface area contributed by atoms with Gasteiger partial charge in [-0.1, -0.05) is 30.3 Å². The monoisotopic (exact) mass is 240 g/mol. The van der Waals surface area contributed by atoms with Crippen molar-refractivity contribution in [2.24, 2.45) is 5.92 Å². The van der Waals surface area contributed by atoms with E-state index in [1.54, 1.807) is 5.57 Å². The van der Waals surface area contributed by atoms with E-state index in [1.807, 2.05) is 0 Å². The van der Waals surface area contributed by atoms with Crippen LogP contribution in [-0.4, -0.2) is 31.2 Å². The summed E-state index contributed by atoms with van der Waals surface area (Å²) in [5.41, 5.74) is 4.60. The number of likely N-dealkylation sites (N-methyl/N-ethyl adjacent to an activating group) is 1. The van der Waals surface area contributed by atoms with Crippen molar-refractivity contribution >= 4 is 6.08 Å². The van der Waals surface area contributed by atoms with Crippen molar-refractivity contribution in [3.63, 3.8) is 0 Å². The standard InChI is InChI=1S/C17H22N/c1-4-7-17-16-11-14-9-6-5-8-13(14)10-15(16)12-18(17,2)3/h4-6,8-9,11,15,17H,1,7,10,12H2,2-3H3/q+1/t15-,17?/m1/s1. The minimum atomic E-state index is 0.626. The van der Waals surface area contributed by atoms with Gasteiger partial charge in [-0.05, 0) is 29.2 Å². The van der Waals surface area contributed by atoms with E-state index in [4.69, 9.17) is 0 Å². The Morgan fingerprint density at radius 2 is 2.11 bits per heavy atom. The molecule has 0 aromatic heterocycles. The van der Waals surface area contributed by atoms with Gasteiger partial charge in [0, 0.05) is 12.3 Å². The summed E-state index contributed by atoms with van der Waals surface area (Å²) in [5, 5.41) is 0. The zero-order valence-corrected chi connectivity index (χ0v) is 11.4. The molecule has 1 unspecified atom stereocenters. The van der Waals surface area contributed by atoms with Crippen molar-refractivity contribution < 1.29 is 4.48 Å². The Balaban J connectivity index is 2.04. The molecule has 0 N–H and O–H groups in total. The second-order valence-corrected chi connectivity index (χ2v) is 6.25. The quantitative estimate of drug-likeness (QED) is 0.550. The Bertz CT molecular complexity index is 510. The number of nitrogens with zero attached hydrogens (tertiary/aromatic N) is 1. The summed E-state index contributed by atoms with van der Waals surface area (Å²) in [6.07, 6.45) is 6.84. The van der Waals surface area contributed by atoms with Crippen LogP contribution in [0.2, 0.25) is 0 Å². The molecule has 1 aromatic carbocycles. The normalized spacial score (nSPS) is 28.2. The maximum atomic E-state index is 3.93. The highest BCUT2D eigenvalue weighted by Crippen LogP contribution is 2.41. The Labute approximate surface area is 110 Å². The fourth-order valence-corrected chi connectivity index (χ4v) is 3.76. The Kier molecular flexibility index (Phi) is 2.67. The minimum Gasteiger partial charge on any atom is -0.322 e. The van der Waals surface area contributed by atoms with Crippen LogP contribution < -0.4 is 0 Å². The first kappa shape index (κ1) is 11.7. The number of rotatable bonds is 2. The lowest BCUT2D eigenvalue weighted by atomic mass is 9.82.